The first-order valence-corrected chi connectivity index (χ1v) is 7.96. The van der Waals surface area contributed by atoms with Gasteiger partial charge >= 0.3 is 0 Å². The molecule has 0 saturated carbocycles. The van der Waals surface area contributed by atoms with Crippen LogP contribution in [-0.2, 0) is 6.42 Å². The lowest BCUT2D eigenvalue weighted by Gasteiger charge is -2.15. The van der Waals surface area contributed by atoms with E-state index in [1.165, 1.54) is 12.0 Å². The van der Waals surface area contributed by atoms with Crippen molar-refractivity contribution in [3.63, 3.8) is 0 Å². The highest BCUT2D eigenvalue weighted by atomic mass is 16.1. The molecule has 2 N–H and O–H groups in total. The Morgan fingerprint density at radius 1 is 0.909 bits per heavy atom. The fraction of sp³-hybridized carbons (Fsp3) is 0.350. The van der Waals surface area contributed by atoms with Gasteiger partial charge in [0, 0.05) is 5.56 Å². The highest BCUT2D eigenvalue weighted by molar-refractivity contribution is 5.93. The van der Waals surface area contributed by atoms with Gasteiger partial charge in [-0.3, -0.25) is 4.79 Å². The summed E-state index contributed by atoms with van der Waals surface area (Å²) in [5.74, 6) is 1.10. The van der Waals surface area contributed by atoms with E-state index in [1.807, 2.05) is 12.1 Å². The Labute approximate surface area is 133 Å². The molecule has 116 valence electrons. The number of benzene rings is 2. The molecule has 0 bridgehead atoms. The van der Waals surface area contributed by atoms with Crippen LogP contribution in [0.4, 0.5) is 0 Å². The largest absolute Gasteiger partial charge is 0.366 e. The Balaban J connectivity index is 2.03. The van der Waals surface area contributed by atoms with Crippen molar-refractivity contribution in [1.29, 1.82) is 0 Å². The fourth-order valence-electron chi connectivity index (χ4n) is 2.42. The van der Waals surface area contributed by atoms with Crippen molar-refractivity contribution in [2.45, 2.75) is 33.6 Å². The summed E-state index contributed by atoms with van der Waals surface area (Å²) in [5.41, 5.74) is 9.45. The molecule has 0 fully saturated rings. The third-order valence-electron chi connectivity index (χ3n) is 4.48. The van der Waals surface area contributed by atoms with E-state index < -0.39 is 0 Å². The summed E-state index contributed by atoms with van der Waals surface area (Å²) in [7, 11) is 0. The summed E-state index contributed by atoms with van der Waals surface area (Å²) < 4.78 is 0. The second-order valence-electron chi connectivity index (χ2n) is 6.40. The molecule has 0 heterocycles. The van der Waals surface area contributed by atoms with Gasteiger partial charge in [0.1, 0.15) is 0 Å². The summed E-state index contributed by atoms with van der Waals surface area (Å²) in [4.78, 5) is 11.1. The molecule has 2 aromatic rings. The van der Waals surface area contributed by atoms with Gasteiger partial charge < -0.3 is 5.73 Å². The molecule has 0 aromatic heterocycles. The number of rotatable bonds is 6. The number of hydrogen-bond acceptors (Lipinski definition) is 1. The Morgan fingerprint density at radius 2 is 1.41 bits per heavy atom. The van der Waals surface area contributed by atoms with Crippen LogP contribution < -0.4 is 5.73 Å². The summed E-state index contributed by atoms with van der Waals surface area (Å²) >= 11 is 0. The average Bonchev–Trinajstić information content (AvgIpc) is 2.53. The number of primary amides is 1. The summed E-state index contributed by atoms with van der Waals surface area (Å²) in [6.07, 6.45) is 2.35. The molecule has 0 spiro atoms. The second kappa shape index (κ2) is 7.26. The van der Waals surface area contributed by atoms with Crippen molar-refractivity contribution in [2.75, 3.05) is 0 Å². The van der Waals surface area contributed by atoms with E-state index in [-0.39, 0.29) is 5.91 Å². The maximum absolute atomic E-state index is 11.1. The maximum Gasteiger partial charge on any atom is 0.248 e. The van der Waals surface area contributed by atoms with Crippen LogP contribution in [0.25, 0.3) is 11.1 Å². The first-order chi connectivity index (χ1) is 10.5. The predicted octanol–water partition coefficient (Wildman–Crippen LogP) is 4.68. The third kappa shape index (κ3) is 4.20. The number of aryl methyl sites for hydroxylation is 1. The molecule has 2 nitrogen and oxygen atoms in total. The fourth-order valence-corrected chi connectivity index (χ4v) is 2.42. The number of amides is 1. The van der Waals surface area contributed by atoms with Gasteiger partial charge in [-0.1, -0.05) is 57.2 Å². The molecule has 1 amide bonds. The Kier molecular flexibility index (Phi) is 5.37. The number of carbonyl (C=O) groups excluding carboxylic acids is 1. The second-order valence-corrected chi connectivity index (χ2v) is 6.40. The van der Waals surface area contributed by atoms with E-state index in [9.17, 15) is 4.79 Å². The molecule has 0 aliphatic heterocycles. The molecule has 2 aromatic carbocycles. The van der Waals surface area contributed by atoms with Crippen molar-refractivity contribution in [3.05, 3.63) is 59.7 Å². The zero-order valence-corrected chi connectivity index (χ0v) is 13.7. The van der Waals surface area contributed by atoms with Crippen molar-refractivity contribution >= 4 is 5.91 Å². The predicted molar refractivity (Wildman–Crippen MR) is 92.7 cm³/mol. The minimum atomic E-state index is -0.388. The monoisotopic (exact) mass is 295 g/mol. The molecule has 2 rings (SSSR count). The quantitative estimate of drug-likeness (QED) is 0.826. The zero-order valence-electron chi connectivity index (χ0n) is 13.7. The number of nitrogens with two attached hydrogens (primary N) is 1. The molecule has 0 aliphatic rings. The Morgan fingerprint density at radius 3 is 1.86 bits per heavy atom. The van der Waals surface area contributed by atoms with Crippen molar-refractivity contribution in [1.82, 2.24) is 0 Å². The van der Waals surface area contributed by atoms with Crippen LogP contribution in [0.5, 0.6) is 0 Å². The van der Waals surface area contributed by atoms with Crippen LogP contribution in [-0.4, -0.2) is 5.91 Å². The standard InChI is InChI=1S/C20H25NO/c1-14(2)15(3)4-5-16-6-8-17(9-7-16)18-10-12-19(13-11-18)20(21)22/h6-15H,4-5H2,1-3H3,(H2,21,22). The minimum Gasteiger partial charge on any atom is -0.366 e. The van der Waals surface area contributed by atoms with E-state index in [2.05, 4.69) is 45.0 Å². The lowest BCUT2D eigenvalue weighted by molar-refractivity contribution is 0.100. The van der Waals surface area contributed by atoms with Crippen LogP contribution in [0.15, 0.2) is 48.5 Å². The lowest BCUT2D eigenvalue weighted by atomic mass is 9.91. The van der Waals surface area contributed by atoms with E-state index in [0.29, 0.717) is 5.56 Å². The average molecular weight is 295 g/mol. The van der Waals surface area contributed by atoms with E-state index in [4.69, 9.17) is 5.73 Å². The Bertz CT molecular complexity index is 611. The Hall–Kier alpha value is -2.09. The van der Waals surface area contributed by atoms with Gasteiger partial charge in [-0.15, -0.1) is 0 Å². The topological polar surface area (TPSA) is 43.1 Å². The van der Waals surface area contributed by atoms with E-state index in [1.54, 1.807) is 12.1 Å². The van der Waals surface area contributed by atoms with Gasteiger partial charge in [0.05, 0.1) is 0 Å². The molecule has 2 heteroatoms. The van der Waals surface area contributed by atoms with Crippen LogP contribution in [0.3, 0.4) is 0 Å². The summed E-state index contributed by atoms with van der Waals surface area (Å²) in [5, 5.41) is 0. The van der Waals surface area contributed by atoms with Gasteiger partial charge in [0.15, 0.2) is 0 Å². The number of hydrogen-bond donors (Lipinski definition) is 1. The lowest BCUT2D eigenvalue weighted by Crippen LogP contribution is -2.10. The van der Waals surface area contributed by atoms with Crippen LogP contribution in [0.2, 0.25) is 0 Å². The first kappa shape index (κ1) is 16.3. The van der Waals surface area contributed by atoms with Crippen molar-refractivity contribution in [3.8, 4) is 11.1 Å². The van der Waals surface area contributed by atoms with Gasteiger partial charge in [-0.25, -0.2) is 0 Å². The summed E-state index contributed by atoms with van der Waals surface area (Å²) in [6.45, 7) is 6.88. The molecule has 0 aliphatic carbocycles. The van der Waals surface area contributed by atoms with Gasteiger partial charge in [0.25, 0.3) is 0 Å². The minimum absolute atomic E-state index is 0.388. The third-order valence-corrected chi connectivity index (χ3v) is 4.48. The van der Waals surface area contributed by atoms with Crippen LogP contribution >= 0.6 is 0 Å². The summed E-state index contributed by atoms with van der Waals surface area (Å²) in [6, 6.07) is 16.1. The van der Waals surface area contributed by atoms with Gasteiger partial charge in [0.2, 0.25) is 5.91 Å². The van der Waals surface area contributed by atoms with Crippen LogP contribution in [0.1, 0.15) is 43.1 Å². The molecule has 0 radical (unpaired) electrons. The molecule has 1 atom stereocenters. The smallest absolute Gasteiger partial charge is 0.248 e. The maximum atomic E-state index is 11.1. The zero-order chi connectivity index (χ0) is 16.1. The highest BCUT2D eigenvalue weighted by Crippen LogP contribution is 2.22. The van der Waals surface area contributed by atoms with Crippen LogP contribution in [0, 0.1) is 11.8 Å². The van der Waals surface area contributed by atoms with Crippen molar-refractivity contribution < 1.29 is 4.79 Å². The highest BCUT2D eigenvalue weighted by Gasteiger charge is 2.07. The molecule has 0 saturated heterocycles. The normalized spacial score (nSPS) is 12.4. The van der Waals surface area contributed by atoms with Gasteiger partial charge in [-0.05, 0) is 53.5 Å². The van der Waals surface area contributed by atoms with E-state index in [0.717, 1.165) is 29.4 Å². The first-order valence-electron chi connectivity index (χ1n) is 7.96. The van der Waals surface area contributed by atoms with E-state index >= 15 is 0 Å². The SMILES string of the molecule is CC(C)C(C)CCc1ccc(-c2ccc(C(N)=O)cc2)cc1. The molecular weight excluding hydrogens is 270 g/mol. The molecular formula is C20H25NO. The van der Waals surface area contributed by atoms with Gasteiger partial charge in [-0.2, -0.15) is 0 Å². The number of carbonyl (C=O) groups is 1. The molecule has 22 heavy (non-hydrogen) atoms. The molecule has 1 unspecified atom stereocenters. The van der Waals surface area contributed by atoms with Crippen molar-refractivity contribution in [2.24, 2.45) is 17.6 Å².